The molecule has 1 aromatic rings. The van der Waals surface area contributed by atoms with Crippen molar-refractivity contribution in [3.63, 3.8) is 0 Å². The topological polar surface area (TPSA) is 99.7 Å². The highest BCUT2D eigenvalue weighted by molar-refractivity contribution is 7.92. The number of ether oxygens (including phenoxy) is 1. The zero-order valence-corrected chi connectivity index (χ0v) is 13.1. The quantitative estimate of drug-likeness (QED) is 0.858. The number of benzene rings is 1. The predicted molar refractivity (Wildman–Crippen MR) is 85.9 cm³/mol. The molecule has 3 rings (SSSR count). The van der Waals surface area contributed by atoms with Gasteiger partial charge in [0.2, 0.25) is 0 Å². The molecule has 7 nitrogen and oxygen atoms in total. The van der Waals surface area contributed by atoms with E-state index in [2.05, 4.69) is 4.90 Å². The van der Waals surface area contributed by atoms with Crippen LogP contribution in [0.2, 0.25) is 0 Å². The number of nitrogens with two attached hydrogens (primary N) is 1. The highest BCUT2D eigenvalue weighted by Gasteiger charge is 2.31. The Morgan fingerprint density at radius 1 is 1.23 bits per heavy atom. The van der Waals surface area contributed by atoms with E-state index in [1.54, 1.807) is 4.90 Å². The van der Waals surface area contributed by atoms with Gasteiger partial charge in [-0.2, -0.15) is 0 Å². The van der Waals surface area contributed by atoms with E-state index in [-0.39, 0.29) is 12.2 Å². The smallest absolute Gasteiger partial charge is 0.414 e. The molecule has 0 spiro atoms. The molecule has 2 heterocycles. The maximum atomic E-state index is 11.8. The van der Waals surface area contributed by atoms with E-state index in [0.717, 1.165) is 11.4 Å². The van der Waals surface area contributed by atoms with Gasteiger partial charge < -0.3 is 15.4 Å². The van der Waals surface area contributed by atoms with Gasteiger partial charge in [-0.25, -0.2) is 9.00 Å². The van der Waals surface area contributed by atoms with Crippen LogP contribution >= 0.6 is 0 Å². The van der Waals surface area contributed by atoms with Gasteiger partial charge in [-0.3, -0.25) is 9.68 Å². The molecule has 8 heteroatoms. The first-order chi connectivity index (χ1) is 10.5. The van der Waals surface area contributed by atoms with Gasteiger partial charge in [0.1, 0.15) is 6.10 Å². The van der Waals surface area contributed by atoms with Crippen molar-refractivity contribution < 1.29 is 13.7 Å². The number of nitrogens with zero attached hydrogens (tertiary/aromatic N) is 2. The molecule has 0 saturated carbocycles. The van der Waals surface area contributed by atoms with Crippen LogP contribution in [0.5, 0.6) is 0 Å². The number of nitrogens with one attached hydrogen (secondary N) is 1. The molecule has 0 bridgehead atoms. The lowest BCUT2D eigenvalue weighted by atomic mass is 10.2. The molecule has 0 radical (unpaired) electrons. The SMILES string of the molecule is N=S1(=O)CCN(c2ccc(N3CC(CN)OC3=O)cc2)CC1. The number of hydrogen-bond donors (Lipinski definition) is 2. The summed E-state index contributed by atoms with van der Waals surface area (Å²) < 4.78 is 24.4. The molecule has 22 heavy (non-hydrogen) atoms. The lowest BCUT2D eigenvalue weighted by Crippen LogP contribution is -2.39. The van der Waals surface area contributed by atoms with Gasteiger partial charge in [-0.05, 0) is 24.3 Å². The largest absolute Gasteiger partial charge is 0.443 e. The Hall–Kier alpha value is -1.80. The highest BCUT2D eigenvalue weighted by atomic mass is 32.2. The first kappa shape index (κ1) is 15.1. The number of cyclic esters (lactones) is 1. The van der Waals surface area contributed by atoms with Crippen molar-refractivity contribution in [2.75, 3.05) is 47.5 Å². The Kier molecular flexibility index (Phi) is 3.96. The number of rotatable bonds is 3. The third-order valence-electron chi connectivity index (χ3n) is 4.05. The first-order valence-electron chi connectivity index (χ1n) is 7.26. The molecule has 0 aromatic heterocycles. The minimum atomic E-state index is -2.38. The van der Waals surface area contributed by atoms with E-state index >= 15 is 0 Å². The summed E-state index contributed by atoms with van der Waals surface area (Å²) in [5.74, 6) is 0.816. The normalized spacial score (nSPS) is 24.4. The summed E-state index contributed by atoms with van der Waals surface area (Å²) in [6.45, 7) is 2.05. The van der Waals surface area contributed by atoms with Crippen LogP contribution in [0.15, 0.2) is 24.3 Å². The van der Waals surface area contributed by atoms with Gasteiger partial charge in [-0.1, -0.05) is 0 Å². The van der Waals surface area contributed by atoms with Gasteiger partial charge in [0, 0.05) is 52.2 Å². The van der Waals surface area contributed by atoms with E-state index in [9.17, 15) is 9.00 Å². The summed E-state index contributed by atoms with van der Waals surface area (Å²) in [5.41, 5.74) is 7.33. The van der Waals surface area contributed by atoms with Gasteiger partial charge in [0.25, 0.3) is 0 Å². The number of amides is 1. The van der Waals surface area contributed by atoms with Crippen molar-refractivity contribution in [3.05, 3.63) is 24.3 Å². The van der Waals surface area contributed by atoms with Crippen LogP contribution in [0.1, 0.15) is 0 Å². The van der Waals surface area contributed by atoms with Crippen LogP contribution in [0.25, 0.3) is 0 Å². The summed E-state index contributed by atoms with van der Waals surface area (Å²) in [6, 6.07) is 7.63. The molecule has 3 N–H and O–H groups in total. The monoisotopic (exact) mass is 324 g/mol. The van der Waals surface area contributed by atoms with Crippen molar-refractivity contribution in [1.29, 1.82) is 4.78 Å². The van der Waals surface area contributed by atoms with Crippen LogP contribution in [0.3, 0.4) is 0 Å². The molecular weight excluding hydrogens is 304 g/mol. The van der Waals surface area contributed by atoms with Crippen LogP contribution in [-0.2, 0) is 14.5 Å². The molecule has 2 aliphatic heterocycles. The average Bonchev–Trinajstić information content (AvgIpc) is 2.89. The summed E-state index contributed by atoms with van der Waals surface area (Å²) in [5, 5.41) is 0. The zero-order chi connectivity index (χ0) is 15.7. The Balaban J connectivity index is 1.70. The fraction of sp³-hybridized carbons (Fsp3) is 0.500. The van der Waals surface area contributed by atoms with E-state index in [0.29, 0.717) is 37.7 Å². The summed E-state index contributed by atoms with van der Waals surface area (Å²) >= 11 is 0. The van der Waals surface area contributed by atoms with Crippen molar-refractivity contribution in [3.8, 4) is 0 Å². The summed E-state index contributed by atoms with van der Waals surface area (Å²) in [7, 11) is -2.38. The Morgan fingerprint density at radius 3 is 2.36 bits per heavy atom. The lowest BCUT2D eigenvalue weighted by Gasteiger charge is -2.30. The van der Waals surface area contributed by atoms with Crippen molar-refractivity contribution in [1.82, 2.24) is 0 Å². The second-order valence-corrected chi connectivity index (χ2v) is 8.02. The first-order valence-corrected chi connectivity index (χ1v) is 9.15. The standard InChI is InChI=1S/C14H20N4O3S/c15-9-13-10-18(14(19)21-13)12-3-1-11(2-4-12)17-5-7-22(16,20)8-6-17/h1-4,13,16H,5-10,15H2. The second kappa shape index (κ2) is 5.77. The number of hydrogen-bond acceptors (Lipinski definition) is 6. The van der Waals surface area contributed by atoms with Crippen molar-refractivity contribution >= 4 is 27.2 Å². The van der Waals surface area contributed by atoms with Gasteiger partial charge in [-0.15, -0.1) is 0 Å². The Labute approximate surface area is 130 Å². The maximum absolute atomic E-state index is 11.8. The van der Waals surface area contributed by atoms with Crippen LogP contribution in [0, 0.1) is 4.78 Å². The highest BCUT2D eigenvalue weighted by Crippen LogP contribution is 2.25. The summed E-state index contributed by atoms with van der Waals surface area (Å²) in [4.78, 5) is 15.5. The fourth-order valence-electron chi connectivity index (χ4n) is 2.69. The molecule has 2 fully saturated rings. The molecule has 1 amide bonds. The maximum Gasteiger partial charge on any atom is 0.414 e. The molecule has 2 aliphatic rings. The number of carbonyl (C=O) groups excluding carboxylic acids is 1. The van der Waals surface area contributed by atoms with Crippen molar-refractivity contribution in [2.45, 2.75) is 6.10 Å². The van der Waals surface area contributed by atoms with Crippen molar-refractivity contribution in [2.24, 2.45) is 5.73 Å². The van der Waals surface area contributed by atoms with Crippen LogP contribution in [0.4, 0.5) is 16.2 Å². The Bertz CT molecular complexity index is 645. The molecular formula is C14H20N4O3S. The molecule has 120 valence electrons. The molecule has 1 aromatic carbocycles. The van der Waals surface area contributed by atoms with Crippen LogP contribution < -0.4 is 15.5 Å². The molecule has 2 saturated heterocycles. The number of anilines is 2. The van der Waals surface area contributed by atoms with E-state index in [4.69, 9.17) is 15.3 Å². The van der Waals surface area contributed by atoms with E-state index in [1.807, 2.05) is 24.3 Å². The zero-order valence-electron chi connectivity index (χ0n) is 12.2. The average molecular weight is 324 g/mol. The second-order valence-electron chi connectivity index (χ2n) is 5.58. The third-order valence-corrected chi connectivity index (χ3v) is 5.73. The Morgan fingerprint density at radius 2 is 1.82 bits per heavy atom. The minimum absolute atomic E-state index is 0.250. The molecule has 1 atom stereocenters. The number of carbonyl (C=O) groups is 1. The molecule has 1 unspecified atom stereocenters. The predicted octanol–water partition coefficient (Wildman–Crippen LogP) is 0.837. The lowest BCUT2D eigenvalue weighted by molar-refractivity contribution is 0.145. The van der Waals surface area contributed by atoms with Gasteiger partial charge in [0.05, 0.1) is 6.54 Å². The van der Waals surface area contributed by atoms with Gasteiger partial charge in [0.15, 0.2) is 0 Å². The van der Waals surface area contributed by atoms with E-state index in [1.165, 1.54) is 0 Å². The fourth-order valence-corrected chi connectivity index (χ4v) is 3.92. The summed E-state index contributed by atoms with van der Waals surface area (Å²) in [6.07, 6.45) is -0.616. The molecule has 0 aliphatic carbocycles. The van der Waals surface area contributed by atoms with Gasteiger partial charge >= 0.3 is 6.09 Å². The minimum Gasteiger partial charge on any atom is -0.443 e. The van der Waals surface area contributed by atoms with E-state index < -0.39 is 9.73 Å². The van der Waals surface area contributed by atoms with Crippen LogP contribution in [-0.4, -0.2) is 54.1 Å². The third kappa shape index (κ3) is 3.02.